The molecule has 208 valence electrons. The fourth-order valence-corrected chi connectivity index (χ4v) is 6.54. The summed E-state index contributed by atoms with van der Waals surface area (Å²) in [5.41, 5.74) is 5.90. The summed E-state index contributed by atoms with van der Waals surface area (Å²) in [6, 6.07) is 23.4. The van der Waals surface area contributed by atoms with E-state index in [1.54, 1.807) is 7.11 Å². The SMILES string of the molecule is COc1cc2c(cc1OCC(C)N1C=Cc3ccccc3C1)C(=O)C(CC1CCN(Cc3ccccc3)CC1)C2. The number of likely N-dealkylation sites (tertiary alicyclic amines) is 1. The number of fused-ring (bicyclic) bond motifs is 2. The second-order valence-electron chi connectivity index (χ2n) is 11.7. The molecule has 0 N–H and O–H groups in total. The molecule has 2 atom stereocenters. The molecule has 0 amide bonds. The van der Waals surface area contributed by atoms with Crippen LogP contribution in [-0.4, -0.2) is 48.4 Å². The molecular formula is C35H40N2O3. The molecule has 2 aliphatic heterocycles. The molecular weight excluding hydrogens is 496 g/mol. The van der Waals surface area contributed by atoms with Crippen molar-refractivity contribution < 1.29 is 14.3 Å². The van der Waals surface area contributed by atoms with E-state index >= 15 is 0 Å². The Balaban J connectivity index is 1.04. The summed E-state index contributed by atoms with van der Waals surface area (Å²) in [4.78, 5) is 18.4. The third-order valence-electron chi connectivity index (χ3n) is 8.97. The predicted molar refractivity (Wildman–Crippen MR) is 160 cm³/mol. The van der Waals surface area contributed by atoms with E-state index in [1.165, 1.54) is 16.7 Å². The van der Waals surface area contributed by atoms with Gasteiger partial charge in [-0.3, -0.25) is 9.69 Å². The number of carbonyl (C=O) groups excluding carboxylic acids is 1. The lowest BCUT2D eigenvalue weighted by Crippen LogP contribution is -2.34. The Hall–Kier alpha value is -3.57. The second kappa shape index (κ2) is 11.9. The smallest absolute Gasteiger partial charge is 0.166 e. The molecule has 3 aromatic rings. The van der Waals surface area contributed by atoms with Gasteiger partial charge < -0.3 is 14.4 Å². The Bertz CT molecular complexity index is 1360. The standard InChI is InChI=1S/C35H40N2O3/c1-25(37-17-14-28-10-6-7-11-29(28)23-37)24-40-34-21-32-30(20-33(34)39-2)19-31(35(32)38)18-26-12-15-36(16-13-26)22-27-8-4-3-5-9-27/h3-11,14,17,20-21,25-26,31H,12-13,15-16,18-19,22-24H2,1-2H3. The number of rotatable bonds is 9. The normalized spacial score (nSPS) is 19.8. The lowest BCUT2D eigenvalue weighted by atomic mass is 9.85. The monoisotopic (exact) mass is 536 g/mol. The Labute approximate surface area is 238 Å². The van der Waals surface area contributed by atoms with Crippen LogP contribution < -0.4 is 9.47 Å². The highest BCUT2D eigenvalue weighted by Crippen LogP contribution is 2.40. The maximum absolute atomic E-state index is 13.5. The summed E-state index contributed by atoms with van der Waals surface area (Å²) in [5, 5.41) is 0. The summed E-state index contributed by atoms with van der Waals surface area (Å²) >= 11 is 0. The van der Waals surface area contributed by atoms with E-state index in [9.17, 15) is 4.79 Å². The zero-order valence-corrected chi connectivity index (χ0v) is 23.7. The van der Waals surface area contributed by atoms with Gasteiger partial charge in [0.2, 0.25) is 0 Å². The number of piperidine rings is 1. The van der Waals surface area contributed by atoms with Crippen molar-refractivity contribution in [3.63, 3.8) is 0 Å². The molecule has 6 rings (SSSR count). The van der Waals surface area contributed by atoms with Crippen molar-refractivity contribution in [1.29, 1.82) is 0 Å². The van der Waals surface area contributed by atoms with Crippen LogP contribution in [0.25, 0.3) is 6.08 Å². The fourth-order valence-electron chi connectivity index (χ4n) is 6.54. The van der Waals surface area contributed by atoms with Crippen molar-refractivity contribution >= 4 is 11.9 Å². The van der Waals surface area contributed by atoms with Crippen LogP contribution in [0.3, 0.4) is 0 Å². The van der Waals surface area contributed by atoms with E-state index in [4.69, 9.17) is 9.47 Å². The first-order valence-corrected chi connectivity index (χ1v) is 14.7. The summed E-state index contributed by atoms with van der Waals surface area (Å²) < 4.78 is 12.0. The van der Waals surface area contributed by atoms with Crippen LogP contribution >= 0.6 is 0 Å². The minimum Gasteiger partial charge on any atom is -0.493 e. The first kappa shape index (κ1) is 26.6. The number of nitrogens with zero attached hydrogens (tertiary/aromatic N) is 2. The number of ketones is 1. The molecule has 3 aliphatic rings. The summed E-state index contributed by atoms with van der Waals surface area (Å²) in [5.74, 6) is 2.33. The molecule has 0 radical (unpaired) electrons. The molecule has 2 heterocycles. The van der Waals surface area contributed by atoms with E-state index in [0.717, 1.165) is 63.0 Å². The number of benzene rings is 3. The number of Topliss-reactive ketones (excluding diaryl/α,β-unsaturated/α-hetero) is 1. The van der Waals surface area contributed by atoms with Crippen LogP contribution in [0.15, 0.2) is 72.9 Å². The molecule has 40 heavy (non-hydrogen) atoms. The minimum atomic E-state index is 0.0677. The Morgan fingerprint density at radius 2 is 1.73 bits per heavy atom. The molecule has 1 saturated heterocycles. The molecule has 1 fully saturated rings. The molecule has 1 aliphatic carbocycles. The average molecular weight is 537 g/mol. The highest BCUT2D eigenvalue weighted by Gasteiger charge is 2.34. The van der Waals surface area contributed by atoms with Gasteiger partial charge in [-0.2, -0.15) is 0 Å². The zero-order chi connectivity index (χ0) is 27.5. The van der Waals surface area contributed by atoms with Gasteiger partial charge in [-0.25, -0.2) is 0 Å². The van der Waals surface area contributed by atoms with Crippen molar-refractivity contribution in [1.82, 2.24) is 9.80 Å². The third-order valence-corrected chi connectivity index (χ3v) is 8.97. The summed E-state index contributed by atoms with van der Waals surface area (Å²) in [6.07, 6.45) is 8.43. The highest BCUT2D eigenvalue weighted by atomic mass is 16.5. The predicted octanol–water partition coefficient (Wildman–Crippen LogP) is 6.61. The summed E-state index contributed by atoms with van der Waals surface area (Å²) in [6.45, 7) is 6.78. The van der Waals surface area contributed by atoms with Crippen molar-refractivity contribution in [2.45, 2.75) is 51.7 Å². The van der Waals surface area contributed by atoms with Gasteiger partial charge in [0.15, 0.2) is 17.3 Å². The van der Waals surface area contributed by atoms with E-state index in [0.29, 0.717) is 24.0 Å². The van der Waals surface area contributed by atoms with E-state index in [-0.39, 0.29) is 17.7 Å². The maximum atomic E-state index is 13.5. The van der Waals surface area contributed by atoms with E-state index in [1.807, 2.05) is 12.1 Å². The first-order chi connectivity index (χ1) is 19.6. The van der Waals surface area contributed by atoms with Gasteiger partial charge in [0.1, 0.15) is 6.61 Å². The van der Waals surface area contributed by atoms with E-state index in [2.05, 4.69) is 83.6 Å². The van der Waals surface area contributed by atoms with Gasteiger partial charge in [-0.15, -0.1) is 0 Å². The molecule has 2 unspecified atom stereocenters. The van der Waals surface area contributed by atoms with Crippen molar-refractivity contribution in [2.75, 3.05) is 26.8 Å². The third kappa shape index (κ3) is 5.80. The van der Waals surface area contributed by atoms with Crippen LogP contribution in [0.1, 0.15) is 58.8 Å². The lowest BCUT2D eigenvalue weighted by molar-refractivity contribution is 0.0895. The molecule has 0 saturated carbocycles. The van der Waals surface area contributed by atoms with E-state index < -0.39 is 0 Å². The summed E-state index contributed by atoms with van der Waals surface area (Å²) in [7, 11) is 1.68. The van der Waals surface area contributed by atoms with Gasteiger partial charge in [0.25, 0.3) is 0 Å². The van der Waals surface area contributed by atoms with Crippen LogP contribution in [0.4, 0.5) is 0 Å². The second-order valence-corrected chi connectivity index (χ2v) is 11.7. The van der Waals surface area contributed by atoms with Gasteiger partial charge in [0.05, 0.1) is 13.2 Å². The van der Waals surface area contributed by atoms with Gasteiger partial charge >= 0.3 is 0 Å². The van der Waals surface area contributed by atoms with Gasteiger partial charge in [-0.1, -0.05) is 54.6 Å². The van der Waals surface area contributed by atoms with Gasteiger partial charge in [0, 0.05) is 30.8 Å². The Morgan fingerprint density at radius 1 is 0.950 bits per heavy atom. The molecule has 3 aromatic carbocycles. The maximum Gasteiger partial charge on any atom is 0.166 e. The quantitative estimate of drug-likeness (QED) is 0.308. The Morgan fingerprint density at radius 3 is 2.52 bits per heavy atom. The number of hydrogen-bond acceptors (Lipinski definition) is 5. The topological polar surface area (TPSA) is 42.0 Å². The minimum absolute atomic E-state index is 0.0677. The van der Waals surface area contributed by atoms with Crippen molar-refractivity contribution in [2.24, 2.45) is 11.8 Å². The fraction of sp³-hybridized carbons (Fsp3) is 0.400. The number of ether oxygens (including phenoxy) is 2. The Kier molecular flexibility index (Phi) is 7.92. The highest BCUT2D eigenvalue weighted by molar-refractivity contribution is 6.02. The van der Waals surface area contributed by atoms with Crippen LogP contribution in [0.2, 0.25) is 0 Å². The number of hydrogen-bond donors (Lipinski definition) is 0. The number of methoxy groups -OCH3 is 1. The number of carbonyl (C=O) groups is 1. The van der Waals surface area contributed by atoms with Crippen LogP contribution in [0, 0.1) is 11.8 Å². The van der Waals surface area contributed by atoms with Crippen molar-refractivity contribution in [3.05, 3.63) is 101 Å². The lowest BCUT2D eigenvalue weighted by Gasteiger charge is -2.32. The molecule has 0 spiro atoms. The zero-order valence-electron chi connectivity index (χ0n) is 23.7. The largest absolute Gasteiger partial charge is 0.493 e. The molecule has 0 bridgehead atoms. The van der Waals surface area contributed by atoms with Gasteiger partial charge in [-0.05, 0) is 92.1 Å². The molecule has 5 nitrogen and oxygen atoms in total. The van der Waals surface area contributed by atoms with Crippen LogP contribution in [-0.2, 0) is 19.5 Å². The average Bonchev–Trinajstić information content (AvgIpc) is 3.30. The first-order valence-electron chi connectivity index (χ1n) is 14.7. The molecule has 0 aromatic heterocycles. The van der Waals surface area contributed by atoms with Crippen LogP contribution in [0.5, 0.6) is 11.5 Å². The van der Waals surface area contributed by atoms with Crippen molar-refractivity contribution in [3.8, 4) is 11.5 Å². The molecule has 5 heteroatoms.